The van der Waals surface area contributed by atoms with Crippen LogP contribution in [0.2, 0.25) is 0 Å². The van der Waals surface area contributed by atoms with Crippen molar-refractivity contribution in [1.82, 2.24) is 5.32 Å². The predicted octanol–water partition coefficient (Wildman–Crippen LogP) is 1.10. The highest BCUT2D eigenvalue weighted by molar-refractivity contribution is 5.94. The summed E-state index contributed by atoms with van der Waals surface area (Å²) in [6, 6.07) is 5.94. The van der Waals surface area contributed by atoms with Crippen molar-refractivity contribution < 1.29 is 14.7 Å². The van der Waals surface area contributed by atoms with Gasteiger partial charge in [-0.1, -0.05) is 0 Å². The van der Waals surface area contributed by atoms with Crippen molar-refractivity contribution in [3.63, 3.8) is 0 Å². The van der Waals surface area contributed by atoms with Gasteiger partial charge in [0.2, 0.25) is 0 Å². The number of carbonyl (C=O) groups is 2. The fourth-order valence-corrected chi connectivity index (χ4v) is 1.07. The van der Waals surface area contributed by atoms with E-state index >= 15 is 0 Å². The molecular weight excluding hydrogens is 194 g/mol. The van der Waals surface area contributed by atoms with Crippen molar-refractivity contribution in [2.24, 2.45) is 0 Å². The van der Waals surface area contributed by atoms with Crippen molar-refractivity contribution in [3.8, 4) is 5.75 Å². The number of hydrogen-bond donors (Lipinski definition) is 2. The van der Waals surface area contributed by atoms with Crippen molar-refractivity contribution in [3.05, 3.63) is 29.8 Å². The van der Waals surface area contributed by atoms with Gasteiger partial charge in [-0.25, -0.2) is 0 Å². The van der Waals surface area contributed by atoms with E-state index in [0.29, 0.717) is 18.5 Å². The van der Waals surface area contributed by atoms with Crippen LogP contribution < -0.4 is 5.32 Å². The molecule has 0 saturated carbocycles. The van der Waals surface area contributed by atoms with Crippen molar-refractivity contribution >= 4 is 11.7 Å². The van der Waals surface area contributed by atoms with Crippen LogP contribution in [0.5, 0.6) is 5.75 Å². The smallest absolute Gasteiger partial charge is 0.251 e. The molecule has 0 fully saturated rings. The summed E-state index contributed by atoms with van der Waals surface area (Å²) < 4.78 is 0. The summed E-state index contributed by atoms with van der Waals surface area (Å²) in [7, 11) is 0. The normalized spacial score (nSPS) is 9.67. The van der Waals surface area contributed by atoms with E-state index in [4.69, 9.17) is 5.11 Å². The Morgan fingerprint density at radius 3 is 2.40 bits per heavy atom. The molecule has 0 unspecified atom stereocenters. The molecule has 4 nitrogen and oxygen atoms in total. The van der Waals surface area contributed by atoms with E-state index in [2.05, 4.69) is 5.32 Å². The molecule has 1 amide bonds. The first kappa shape index (κ1) is 11.2. The first-order valence-electron chi connectivity index (χ1n) is 4.66. The van der Waals surface area contributed by atoms with E-state index in [1.54, 1.807) is 0 Å². The molecule has 0 aliphatic rings. The van der Waals surface area contributed by atoms with Gasteiger partial charge in [0, 0.05) is 18.5 Å². The number of Topliss-reactive ketones (excluding diaryl/α,β-unsaturated/α-hetero) is 1. The third kappa shape index (κ3) is 3.81. The Hall–Kier alpha value is -1.84. The maximum absolute atomic E-state index is 11.4. The van der Waals surface area contributed by atoms with Gasteiger partial charge in [-0.05, 0) is 31.2 Å². The van der Waals surface area contributed by atoms with E-state index in [0.717, 1.165) is 0 Å². The van der Waals surface area contributed by atoms with Gasteiger partial charge in [0.05, 0.1) is 0 Å². The molecule has 1 aromatic rings. The number of phenolic OH excluding ortho intramolecular Hbond substituents is 1. The maximum atomic E-state index is 11.4. The number of benzene rings is 1. The zero-order chi connectivity index (χ0) is 11.3. The van der Waals surface area contributed by atoms with Crippen LogP contribution in [0.15, 0.2) is 24.3 Å². The van der Waals surface area contributed by atoms with E-state index in [1.165, 1.54) is 31.2 Å². The predicted molar refractivity (Wildman–Crippen MR) is 55.7 cm³/mol. The van der Waals surface area contributed by atoms with Gasteiger partial charge in [-0.15, -0.1) is 0 Å². The minimum atomic E-state index is -0.240. The van der Waals surface area contributed by atoms with Crippen molar-refractivity contribution in [2.75, 3.05) is 6.54 Å². The molecular formula is C11H13NO3. The number of ketones is 1. The second-order valence-corrected chi connectivity index (χ2v) is 3.25. The highest BCUT2D eigenvalue weighted by Crippen LogP contribution is 2.09. The number of rotatable bonds is 4. The van der Waals surface area contributed by atoms with Gasteiger partial charge in [-0.2, -0.15) is 0 Å². The van der Waals surface area contributed by atoms with Crippen LogP contribution in [0.3, 0.4) is 0 Å². The topological polar surface area (TPSA) is 66.4 Å². The Morgan fingerprint density at radius 1 is 1.27 bits per heavy atom. The summed E-state index contributed by atoms with van der Waals surface area (Å²) in [5.74, 6) is -0.0763. The summed E-state index contributed by atoms with van der Waals surface area (Å²) in [5, 5.41) is 11.6. The van der Waals surface area contributed by atoms with Crippen LogP contribution in [0, 0.1) is 0 Å². The molecule has 0 spiro atoms. The minimum absolute atomic E-state index is 0.0426. The molecule has 80 valence electrons. The van der Waals surface area contributed by atoms with Crippen LogP contribution in [-0.4, -0.2) is 23.3 Å². The average molecular weight is 207 g/mol. The van der Waals surface area contributed by atoms with E-state index in [9.17, 15) is 9.59 Å². The van der Waals surface area contributed by atoms with Gasteiger partial charge >= 0.3 is 0 Å². The Kier molecular flexibility index (Phi) is 3.85. The first-order valence-corrected chi connectivity index (χ1v) is 4.66. The van der Waals surface area contributed by atoms with Crippen LogP contribution >= 0.6 is 0 Å². The Morgan fingerprint density at radius 2 is 1.87 bits per heavy atom. The first-order chi connectivity index (χ1) is 7.09. The lowest BCUT2D eigenvalue weighted by Gasteiger charge is -2.03. The Bertz CT molecular complexity index is 357. The lowest BCUT2D eigenvalue weighted by Crippen LogP contribution is -2.25. The Balaban J connectivity index is 2.47. The fraction of sp³-hybridized carbons (Fsp3) is 0.273. The highest BCUT2D eigenvalue weighted by atomic mass is 16.3. The molecule has 0 bridgehead atoms. The summed E-state index contributed by atoms with van der Waals surface area (Å²) in [6.07, 6.45) is 0.337. The molecule has 0 atom stereocenters. The quantitative estimate of drug-likeness (QED) is 0.777. The minimum Gasteiger partial charge on any atom is -0.508 e. The number of hydrogen-bond acceptors (Lipinski definition) is 3. The summed E-state index contributed by atoms with van der Waals surface area (Å²) in [5.41, 5.74) is 0.469. The zero-order valence-corrected chi connectivity index (χ0v) is 8.49. The van der Waals surface area contributed by atoms with Crippen LogP contribution in [-0.2, 0) is 4.79 Å². The third-order valence-electron chi connectivity index (χ3n) is 1.89. The molecule has 0 heterocycles. The molecule has 0 aliphatic carbocycles. The molecule has 0 saturated heterocycles. The van der Waals surface area contributed by atoms with E-state index < -0.39 is 0 Å². The summed E-state index contributed by atoms with van der Waals surface area (Å²) in [6.45, 7) is 1.82. The van der Waals surface area contributed by atoms with E-state index in [1.807, 2.05) is 0 Å². The molecule has 2 N–H and O–H groups in total. The maximum Gasteiger partial charge on any atom is 0.251 e. The van der Waals surface area contributed by atoms with Crippen LogP contribution in [0.25, 0.3) is 0 Å². The second-order valence-electron chi connectivity index (χ2n) is 3.25. The van der Waals surface area contributed by atoms with Crippen LogP contribution in [0.4, 0.5) is 0 Å². The molecule has 1 aromatic carbocycles. The number of aromatic hydroxyl groups is 1. The van der Waals surface area contributed by atoms with Gasteiger partial charge in [0.25, 0.3) is 5.91 Å². The third-order valence-corrected chi connectivity index (χ3v) is 1.89. The van der Waals surface area contributed by atoms with Crippen molar-refractivity contribution in [1.29, 1.82) is 0 Å². The van der Waals surface area contributed by atoms with Gasteiger partial charge in [0.1, 0.15) is 11.5 Å². The summed E-state index contributed by atoms with van der Waals surface area (Å²) >= 11 is 0. The summed E-state index contributed by atoms with van der Waals surface area (Å²) in [4.78, 5) is 22.1. The molecule has 0 radical (unpaired) electrons. The largest absolute Gasteiger partial charge is 0.508 e. The molecule has 1 rings (SSSR count). The lowest BCUT2D eigenvalue weighted by atomic mass is 10.2. The number of phenols is 1. The molecule has 15 heavy (non-hydrogen) atoms. The van der Waals surface area contributed by atoms with Crippen LogP contribution in [0.1, 0.15) is 23.7 Å². The average Bonchev–Trinajstić information content (AvgIpc) is 2.18. The number of amides is 1. The second kappa shape index (κ2) is 5.14. The monoisotopic (exact) mass is 207 g/mol. The van der Waals surface area contributed by atoms with Gasteiger partial charge < -0.3 is 10.4 Å². The molecule has 0 aliphatic heterocycles. The number of nitrogens with one attached hydrogen (secondary N) is 1. The van der Waals surface area contributed by atoms with Gasteiger partial charge in [-0.3, -0.25) is 9.59 Å². The van der Waals surface area contributed by atoms with Crippen molar-refractivity contribution in [2.45, 2.75) is 13.3 Å². The SMILES string of the molecule is CC(=O)CCNC(=O)c1ccc(O)cc1. The zero-order valence-electron chi connectivity index (χ0n) is 8.49. The molecule has 4 heteroatoms. The standard InChI is InChI=1S/C11H13NO3/c1-8(13)6-7-12-11(15)9-2-4-10(14)5-3-9/h2-5,14H,6-7H2,1H3,(H,12,15). The fourth-order valence-electron chi connectivity index (χ4n) is 1.07. The Labute approximate surface area is 87.9 Å². The number of carbonyl (C=O) groups excluding carboxylic acids is 2. The van der Waals surface area contributed by atoms with E-state index in [-0.39, 0.29) is 17.4 Å². The highest BCUT2D eigenvalue weighted by Gasteiger charge is 2.04. The van der Waals surface area contributed by atoms with Gasteiger partial charge in [0.15, 0.2) is 0 Å². The molecule has 0 aromatic heterocycles. The lowest BCUT2D eigenvalue weighted by molar-refractivity contribution is -0.116.